The maximum Gasteiger partial charge on any atom is 0.273 e. The number of hydrogen-bond donors (Lipinski definition) is 2. The van der Waals surface area contributed by atoms with Crippen molar-refractivity contribution in [2.75, 3.05) is 6.54 Å². The zero-order chi connectivity index (χ0) is 17.6. The Morgan fingerprint density at radius 1 is 1.42 bits per heavy atom. The van der Waals surface area contributed by atoms with Crippen LogP contribution in [0.25, 0.3) is 5.70 Å². The highest BCUT2D eigenvalue weighted by Crippen LogP contribution is 2.45. The van der Waals surface area contributed by atoms with Crippen LogP contribution in [0, 0.1) is 17.0 Å². The Kier molecular flexibility index (Phi) is 3.71. The maximum atomic E-state index is 12.3. The number of hydroxylamine groups is 1. The highest BCUT2D eigenvalue weighted by molar-refractivity contribution is 5.92. The summed E-state index contributed by atoms with van der Waals surface area (Å²) in [7, 11) is 0. The van der Waals surface area contributed by atoms with Crippen molar-refractivity contribution in [2.45, 2.75) is 39.2 Å². The molecule has 128 valence electrons. The van der Waals surface area contributed by atoms with Gasteiger partial charge in [-0.1, -0.05) is 0 Å². The number of fused-ring (bicyclic) bond motifs is 1. The lowest BCUT2D eigenvalue weighted by Crippen LogP contribution is -2.43. The van der Waals surface area contributed by atoms with Crippen molar-refractivity contribution in [3.05, 3.63) is 39.1 Å². The molecule has 3 rings (SSSR count). The quantitative estimate of drug-likeness (QED) is 0.650. The van der Waals surface area contributed by atoms with Gasteiger partial charge in [-0.15, -0.1) is 0 Å². The molecule has 0 saturated carbocycles. The second kappa shape index (κ2) is 5.48. The number of likely N-dealkylation sites (tertiary alicyclic amines) is 1. The molecule has 8 heteroatoms. The van der Waals surface area contributed by atoms with Crippen LogP contribution in [0.1, 0.15) is 37.8 Å². The molecule has 8 nitrogen and oxygen atoms in total. The number of nitrogens with one attached hydrogen (secondary N) is 1. The van der Waals surface area contributed by atoms with Crippen LogP contribution in [0.2, 0.25) is 0 Å². The minimum atomic E-state index is -0.914. The lowest BCUT2D eigenvalue weighted by Gasteiger charge is -2.39. The number of nitro groups is 1. The molecule has 1 aromatic rings. The standard InChI is InChI=1S/C16H19N3O5/c1-9-10(19(22)23)6-7-11-13(9)14(18-8-4-5-12(18)20)15(17-21)16(2,3)24-11/h6-7,17,21H,4-5,8H2,1-3H3. The summed E-state index contributed by atoms with van der Waals surface area (Å²) in [6.07, 6.45) is 1.11. The van der Waals surface area contributed by atoms with E-state index in [2.05, 4.69) is 5.48 Å². The lowest BCUT2D eigenvalue weighted by molar-refractivity contribution is -0.385. The fourth-order valence-electron chi connectivity index (χ4n) is 3.33. The number of carbonyl (C=O) groups excluding carboxylic acids is 1. The average molecular weight is 333 g/mol. The van der Waals surface area contributed by atoms with E-state index in [9.17, 15) is 20.1 Å². The Balaban J connectivity index is 2.32. The largest absolute Gasteiger partial charge is 0.481 e. The van der Waals surface area contributed by atoms with Gasteiger partial charge in [0.1, 0.15) is 17.0 Å². The van der Waals surface area contributed by atoms with Crippen molar-refractivity contribution in [2.24, 2.45) is 0 Å². The van der Waals surface area contributed by atoms with Gasteiger partial charge in [0.05, 0.1) is 16.2 Å². The summed E-state index contributed by atoms with van der Waals surface area (Å²) in [5.74, 6) is 0.379. The molecule has 0 aromatic heterocycles. The van der Waals surface area contributed by atoms with Crippen molar-refractivity contribution in [3.63, 3.8) is 0 Å². The summed E-state index contributed by atoms with van der Waals surface area (Å²) in [4.78, 5) is 24.7. The van der Waals surface area contributed by atoms with Gasteiger partial charge in [0.15, 0.2) is 0 Å². The molecule has 2 heterocycles. The number of benzene rings is 1. The second-order valence-electron chi connectivity index (χ2n) is 6.44. The lowest BCUT2D eigenvalue weighted by atomic mass is 9.91. The van der Waals surface area contributed by atoms with Gasteiger partial charge in [-0.3, -0.25) is 25.6 Å². The molecule has 0 radical (unpaired) electrons. The van der Waals surface area contributed by atoms with Crippen LogP contribution in [0.5, 0.6) is 5.75 Å². The van der Waals surface area contributed by atoms with E-state index in [0.717, 1.165) is 0 Å². The predicted octanol–water partition coefficient (Wildman–Crippen LogP) is 2.34. The van der Waals surface area contributed by atoms with Crippen molar-refractivity contribution in [1.29, 1.82) is 0 Å². The average Bonchev–Trinajstić information content (AvgIpc) is 2.90. The predicted molar refractivity (Wildman–Crippen MR) is 85.3 cm³/mol. The van der Waals surface area contributed by atoms with Gasteiger partial charge in [0.25, 0.3) is 5.69 Å². The normalized spacial score (nSPS) is 19.2. The highest BCUT2D eigenvalue weighted by Gasteiger charge is 2.41. The number of amides is 1. The molecule has 0 unspecified atom stereocenters. The van der Waals surface area contributed by atoms with Crippen LogP contribution in [0.15, 0.2) is 17.8 Å². The van der Waals surface area contributed by atoms with Crippen molar-refractivity contribution in [1.82, 2.24) is 10.4 Å². The van der Waals surface area contributed by atoms with Crippen LogP contribution in [0.3, 0.4) is 0 Å². The Hall–Kier alpha value is -2.61. The van der Waals surface area contributed by atoms with Gasteiger partial charge in [-0.2, -0.15) is 0 Å². The zero-order valence-electron chi connectivity index (χ0n) is 13.8. The molecule has 1 fully saturated rings. The Labute approximate surface area is 138 Å². The highest BCUT2D eigenvalue weighted by atomic mass is 16.6. The summed E-state index contributed by atoms with van der Waals surface area (Å²) in [5.41, 5.74) is 2.81. The van der Waals surface area contributed by atoms with Crippen LogP contribution < -0.4 is 10.2 Å². The van der Waals surface area contributed by atoms with Crippen LogP contribution in [-0.2, 0) is 4.79 Å². The Morgan fingerprint density at radius 2 is 2.12 bits per heavy atom. The van der Waals surface area contributed by atoms with Crippen LogP contribution >= 0.6 is 0 Å². The zero-order valence-corrected chi connectivity index (χ0v) is 13.8. The minimum Gasteiger partial charge on any atom is -0.481 e. The van der Waals surface area contributed by atoms with Crippen molar-refractivity contribution >= 4 is 17.3 Å². The first-order valence-corrected chi connectivity index (χ1v) is 7.70. The van der Waals surface area contributed by atoms with Gasteiger partial charge in [0, 0.05) is 24.6 Å². The number of carbonyl (C=O) groups is 1. The van der Waals surface area contributed by atoms with E-state index in [0.29, 0.717) is 47.7 Å². The molecule has 24 heavy (non-hydrogen) atoms. The molecule has 1 aromatic carbocycles. The van der Waals surface area contributed by atoms with E-state index in [1.165, 1.54) is 12.1 Å². The van der Waals surface area contributed by atoms with E-state index < -0.39 is 10.5 Å². The smallest absolute Gasteiger partial charge is 0.273 e. The molecule has 0 atom stereocenters. The number of rotatable bonds is 3. The van der Waals surface area contributed by atoms with Crippen LogP contribution in [-0.4, -0.2) is 33.1 Å². The molecule has 0 aliphatic carbocycles. The summed E-state index contributed by atoms with van der Waals surface area (Å²) in [6, 6.07) is 2.93. The third kappa shape index (κ3) is 2.30. The molecular weight excluding hydrogens is 314 g/mol. The van der Waals surface area contributed by atoms with Crippen molar-refractivity contribution < 1.29 is 19.7 Å². The molecule has 1 amide bonds. The van der Waals surface area contributed by atoms with Gasteiger partial charge in [0.2, 0.25) is 5.91 Å². The Bertz CT molecular complexity index is 769. The van der Waals surface area contributed by atoms with E-state index in [1.807, 2.05) is 0 Å². The molecule has 0 bridgehead atoms. The van der Waals surface area contributed by atoms with E-state index in [1.54, 1.807) is 25.7 Å². The molecule has 2 N–H and O–H groups in total. The fourth-order valence-corrected chi connectivity index (χ4v) is 3.33. The summed E-state index contributed by atoms with van der Waals surface area (Å²) < 4.78 is 5.92. The summed E-state index contributed by atoms with van der Waals surface area (Å²) >= 11 is 0. The third-order valence-electron chi connectivity index (χ3n) is 4.49. The molecule has 0 spiro atoms. The topological polar surface area (TPSA) is 105 Å². The van der Waals surface area contributed by atoms with Crippen LogP contribution in [0.4, 0.5) is 5.69 Å². The third-order valence-corrected chi connectivity index (χ3v) is 4.49. The summed E-state index contributed by atoms with van der Waals surface area (Å²) in [5, 5.41) is 21.0. The maximum absolute atomic E-state index is 12.3. The number of ether oxygens (including phenoxy) is 1. The monoisotopic (exact) mass is 333 g/mol. The molecule has 2 aliphatic heterocycles. The number of nitrogens with zero attached hydrogens (tertiary/aromatic N) is 2. The van der Waals surface area contributed by atoms with Gasteiger partial charge < -0.3 is 9.64 Å². The SMILES string of the molecule is Cc1c([N+](=O)[O-])ccc2c1C(N1CCCC1=O)=C(NO)C(C)(C)O2. The van der Waals surface area contributed by atoms with E-state index in [-0.39, 0.29) is 11.6 Å². The molecular formula is C16H19N3O5. The number of nitro benzene ring substituents is 1. The first-order valence-electron chi connectivity index (χ1n) is 7.70. The first kappa shape index (κ1) is 16.3. The van der Waals surface area contributed by atoms with Gasteiger partial charge in [-0.25, -0.2) is 0 Å². The van der Waals surface area contributed by atoms with Gasteiger partial charge in [-0.05, 0) is 33.3 Å². The minimum absolute atomic E-state index is 0.0570. The number of hydrogen-bond acceptors (Lipinski definition) is 6. The first-order chi connectivity index (χ1) is 11.3. The molecule has 2 aliphatic rings. The van der Waals surface area contributed by atoms with Gasteiger partial charge >= 0.3 is 0 Å². The van der Waals surface area contributed by atoms with E-state index >= 15 is 0 Å². The Morgan fingerprint density at radius 3 is 2.67 bits per heavy atom. The summed E-state index contributed by atoms with van der Waals surface area (Å²) in [6.45, 7) is 5.63. The van der Waals surface area contributed by atoms with Crippen molar-refractivity contribution in [3.8, 4) is 5.75 Å². The fraction of sp³-hybridized carbons (Fsp3) is 0.438. The molecule has 1 saturated heterocycles. The second-order valence-corrected chi connectivity index (χ2v) is 6.44. The van der Waals surface area contributed by atoms with E-state index in [4.69, 9.17) is 4.74 Å².